The van der Waals surface area contributed by atoms with Gasteiger partial charge in [-0.2, -0.15) is 0 Å². The van der Waals surface area contributed by atoms with E-state index >= 15 is 0 Å². The van der Waals surface area contributed by atoms with Crippen molar-refractivity contribution >= 4 is 46.7 Å². The van der Waals surface area contributed by atoms with Crippen LogP contribution < -0.4 is 0 Å². The van der Waals surface area contributed by atoms with Crippen LogP contribution in [0.3, 0.4) is 0 Å². The van der Waals surface area contributed by atoms with Gasteiger partial charge in [0.1, 0.15) is 4.33 Å². The van der Waals surface area contributed by atoms with Crippen LogP contribution in [0.4, 0.5) is 0 Å². The fourth-order valence-corrected chi connectivity index (χ4v) is 4.56. The van der Waals surface area contributed by atoms with Gasteiger partial charge >= 0.3 is 11.9 Å². The van der Waals surface area contributed by atoms with Crippen molar-refractivity contribution < 1.29 is 19.1 Å². The van der Waals surface area contributed by atoms with Crippen LogP contribution in [0.2, 0.25) is 0 Å². The summed E-state index contributed by atoms with van der Waals surface area (Å²) >= 11 is 19.1. The molecule has 4 nitrogen and oxygen atoms in total. The standard InChI is InChI=1S/C24H41Cl3O4/c25-21-15-9-5-7-13-19-24(26,27)18-12-6-3-1-2-4-8-14-20-30-22(28)16-10-11-17-23(29)31-21/h21H,1-20H2. The predicted octanol–water partition coefficient (Wildman–Crippen LogP) is 8.24. The Labute approximate surface area is 204 Å². The number of carbonyl (C=O) groups is 2. The molecule has 182 valence electrons. The molecular weight excluding hydrogens is 459 g/mol. The number of hydrogen-bond donors (Lipinski definition) is 0. The highest BCUT2D eigenvalue weighted by Gasteiger charge is 2.22. The summed E-state index contributed by atoms with van der Waals surface area (Å²) in [5, 5.41) is 0. The van der Waals surface area contributed by atoms with Crippen molar-refractivity contribution in [2.45, 2.75) is 132 Å². The van der Waals surface area contributed by atoms with Gasteiger partial charge in [-0.15, -0.1) is 23.2 Å². The van der Waals surface area contributed by atoms with Crippen LogP contribution >= 0.6 is 34.8 Å². The fourth-order valence-electron chi connectivity index (χ4n) is 3.77. The Bertz CT molecular complexity index is 485. The maximum Gasteiger partial charge on any atom is 0.307 e. The number of esters is 2. The van der Waals surface area contributed by atoms with Crippen LogP contribution in [0.15, 0.2) is 0 Å². The Balaban J connectivity index is 2.33. The summed E-state index contributed by atoms with van der Waals surface area (Å²) < 4.78 is 9.88. The summed E-state index contributed by atoms with van der Waals surface area (Å²) in [6, 6.07) is 0. The minimum atomic E-state index is -0.618. The van der Waals surface area contributed by atoms with Crippen molar-refractivity contribution in [2.24, 2.45) is 0 Å². The molecule has 0 saturated carbocycles. The Kier molecular flexibility index (Phi) is 17.0. The van der Waals surface area contributed by atoms with Gasteiger partial charge in [0, 0.05) is 12.8 Å². The Hall–Kier alpha value is -0.190. The van der Waals surface area contributed by atoms with E-state index in [-0.39, 0.29) is 18.4 Å². The lowest BCUT2D eigenvalue weighted by Gasteiger charge is -2.19. The molecule has 7 heteroatoms. The zero-order valence-electron chi connectivity index (χ0n) is 19.0. The molecule has 1 atom stereocenters. The summed E-state index contributed by atoms with van der Waals surface area (Å²) in [6.45, 7) is 0.488. The molecule has 1 aliphatic heterocycles. The lowest BCUT2D eigenvalue weighted by Crippen LogP contribution is -2.13. The Morgan fingerprint density at radius 1 is 0.645 bits per heavy atom. The van der Waals surface area contributed by atoms with Gasteiger partial charge in [-0.05, 0) is 44.9 Å². The molecule has 1 unspecified atom stereocenters. The van der Waals surface area contributed by atoms with Gasteiger partial charge < -0.3 is 9.47 Å². The second-order valence-electron chi connectivity index (χ2n) is 8.71. The third-order valence-corrected chi connectivity index (χ3v) is 6.76. The first-order chi connectivity index (χ1) is 14.9. The zero-order chi connectivity index (χ0) is 22.8. The third-order valence-electron chi connectivity index (χ3n) is 5.69. The summed E-state index contributed by atoms with van der Waals surface area (Å²) in [5.41, 5.74) is -0.587. The SMILES string of the molecule is O=C1CCCCC(=O)OC(Cl)CCCCCCC(Cl)(Cl)CCCCCCCCCCO1. The number of carbonyl (C=O) groups excluding carboxylic acids is 2. The van der Waals surface area contributed by atoms with Gasteiger partial charge in [0.15, 0.2) is 5.56 Å². The second kappa shape index (κ2) is 18.3. The highest BCUT2D eigenvalue weighted by Crippen LogP contribution is 2.34. The van der Waals surface area contributed by atoms with E-state index < -0.39 is 9.90 Å². The molecule has 0 bridgehead atoms. The van der Waals surface area contributed by atoms with Crippen LogP contribution in [0.1, 0.15) is 122 Å². The molecule has 0 aromatic heterocycles. The fraction of sp³-hybridized carbons (Fsp3) is 0.917. The summed E-state index contributed by atoms with van der Waals surface area (Å²) in [6.07, 6.45) is 17.3. The number of halogens is 3. The minimum absolute atomic E-state index is 0.181. The van der Waals surface area contributed by atoms with Crippen LogP contribution in [0.25, 0.3) is 0 Å². The largest absolute Gasteiger partial charge is 0.466 e. The molecule has 0 aliphatic carbocycles. The van der Waals surface area contributed by atoms with E-state index in [1.165, 1.54) is 32.1 Å². The van der Waals surface area contributed by atoms with Crippen LogP contribution in [-0.2, 0) is 19.1 Å². The summed E-state index contributed by atoms with van der Waals surface area (Å²) in [7, 11) is 0. The van der Waals surface area contributed by atoms with Crippen molar-refractivity contribution in [1.29, 1.82) is 0 Å². The molecule has 0 amide bonds. The maximum absolute atomic E-state index is 11.9. The highest BCUT2D eigenvalue weighted by molar-refractivity contribution is 6.48. The van der Waals surface area contributed by atoms with Gasteiger partial charge in [-0.3, -0.25) is 9.59 Å². The zero-order valence-corrected chi connectivity index (χ0v) is 21.3. The summed E-state index contributed by atoms with van der Waals surface area (Å²) in [4.78, 5) is 23.6. The second-order valence-corrected chi connectivity index (χ2v) is 10.8. The number of rotatable bonds is 0. The Morgan fingerprint density at radius 2 is 1.13 bits per heavy atom. The number of hydrogen-bond acceptors (Lipinski definition) is 4. The van der Waals surface area contributed by atoms with Gasteiger partial charge in [0.05, 0.1) is 6.61 Å². The quantitative estimate of drug-likeness (QED) is 0.249. The van der Waals surface area contributed by atoms with Crippen molar-refractivity contribution in [3.63, 3.8) is 0 Å². The van der Waals surface area contributed by atoms with E-state index in [1.807, 2.05) is 0 Å². The van der Waals surface area contributed by atoms with E-state index in [2.05, 4.69) is 0 Å². The molecule has 0 spiro atoms. The Morgan fingerprint density at radius 3 is 1.74 bits per heavy atom. The first kappa shape index (κ1) is 28.8. The van der Waals surface area contributed by atoms with Crippen LogP contribution in [0.5, 0.6) is 0 Å². The smallest absolute Gasteiger partial charge is 0.307 e. The summed E-state index contributed by atoms with van der Waals surface area (Å²) in [5.74, 6) is -0.483. The minimum Gasteiger partial charge on any atom is -0.466 e. The van der Waals surface area contributed by atoms with E-state index in [1.54, 1.807) is 0 Å². The van der Waals surface area contributed by atoms with Gasteiger partial charge in [0.2, 0.25) is 0 Å². The molecule has 1 aliphatic rings. The van der Waals surface area contributed by atoms with Crippen LogP contribution in [0, 0.1) is 0 Å². The molecule has 1 rings (SSSR count). The average molecular weight is 500 g/mol. The number of alkyl halides is 3. The van der Waals surface area contributed by atoms with E-state index in [4.69, 9.17) is 44.3 Å². The lowest BCUT2D eigenvalue weighted by molar-refractivity contribution is -0.147. The van der Waals surface area contributed by atoms with E-state index in [0.717, 1.165) is 57.8 Å². The molecular formula is C24H41Cl3O4. The first-order valence-corrected chi connectivity index (χ1v) is 13.5. The van der Waals surface area contributed by atoms with Crippen molar-refractivity contribution in [3.05, 3.63) is 0 Å². The van der Waals surface area contributed by atoms with Crippen LogP contribution in [-0.4, -0.2) is 28.4 Å². The average Bonchev–Trinajstić information content (AvgIpc) is 2.71. The molecule has 1 fully saturated rings. The van der Waals surface area contributed by atoms with Crippen molar-refractivity contribution in [3.8, 4) is 0 Å². The van der Waals surface area contributed by atoms with Crippen molar-refractivity contribution in [2.75, 3.05) is 6.61 Å². The number of ether oxygens (including phenoxy) is 2. The van der Waals surface area contributed by atoms with E-state index in [9.17, 15) is 9.59 Å². The monoisotopic (exact) mass is 498 g/mol. The maximum atomic E-state index is 11.9. The topological polar surface area (TPSA) is 52.6 Å². The lowest BCUT2D eigenvalue weighted by atomic mass is 10.0. The molecule has 0 aromatic rings. The van der Waals surface area contributed by atoms with Crippen molar-refractivity contribution in [1.82, 2.24) is 0 Å². The normalized spacial score (nSPS) is 25.8. The van der Waals surface area contributed by atoms with Gasteiger partial charge in [-0.25, -0.2) is 0 Å². The third kappa shape index (κ3) is 18.0. The number of cyclic esters (lactones) is 2. The molecule has 0 N–H and O–H groups in total. The molecule has 1 saturated heterocycles. The molecule has 31 heavy (non-hydrogen) atoms. The molecule has 0 radical (unpaired) electrons. The van der Waals surface area contributed by atoms with Gasteiger partial charge in [0.25, 0.3) is 0 Å². The molecule has 1 heterocycles. The predicted molar refractivity (Wildman–Crippen MR) is 129 cm³/mol. The van der Waals surface area contributed by atoms with E-state index in [0.29, 0.717) is 32.3 Å². The highest BCUT2D eigenvalue weighted by atomic mass is 35.5. The first-order valence-electron chi connectivity index (χ1n) is 12.3. The van der Waals surface area contributed by atoms with Gasteiger partial charge in [-0.1, -0.05) is 75.8 Å². The molecule has 0 aromatic carbocycles.